The summed E-state index contributed by atoms with van der Waals surface area (Å²) in [6.45, 7) is 6.38. The minimum absolute atomic E-state index is 0. The van der Waals surface area contributed by atoms with Crippen molar-refractivity contribution in [3.8, 4) is 0 Å². The van der Waals surface area contributed by atoms with Gasteiger partial charge in [0.15, 0.2) is 0 Å². The lowest BCUT2D eigenvalue weighted by molar-refractivity contribution is 1.32. The van der Waals surface area contributed by atoms with Gasteiger partial charge in [0.05, 0.1) is 0 Å². The molecular weight excluding hydrogens is 120 g/mol. The smallest absolute Gasteiger partial charge is 0.0398 e. The molecular formula is C10H16. The van der Waals surface area contributed by atoms with Crippen LogP contribution in [0.15, 0.2) is 18.2 Å². The highest BCUT2D eigenvalue weighted by Gasteiger charge is 1.87. The average Bonchev–Trinajstić information content (AvgIpc) is 1.59. The van der Waals surface area contributed by atoms with Crippen molar-refractivity contribution in [3.63, 3.8) is 0 Å². The van der Waals surface area contributed by atoms with E-state index in [1.165, 1.54) is 16.7 Å². The van der Waals surface area contributed by atoms with Crippen LogP contribution >= 0.6 is 0 Å². The molecule has 0 bridgehead atoms. The first-order valence-corrected chi connectivity index (χ1v) is 3.23. The van der Waals surface area contributed by atoms with E-state index < -0.39 is 0 Å². The molecule has 0 aliphatic rings. The predicted molar refractivity (Wildman–Crippen MR) is 47.4 cm³/mol. The van der Waals surface area contributed by atoms with E-state index in [2.05, 4.69) is 39.0 Å². The summed E-state index contributed by atoms with van der Waals surface area (Å²) in [6.07, 6.45) is 0. The Morgan fingerprint density at radius 3 is 1.10 bits per heavy atom. The lowest BCUT2D eigenvalue weighted by Gasteiger charge is -1.96. The third-order valence-corrected chi connectivity index (χ3v) is 1.37. The van der Waals surface area contributed by atoms with Crippen molar-refractivity contribution in [2.24, 2.45) is 0 Å². The van der Waals surface area contributed by atoms with Gasteiger partial charge in [0.25, 0.3) is 0 Å². The standard InChI is InChI=1S/C9H12.CH4/c1-7-4-8(2)6-9(3)5-7;/h4-6H,1-3H3;1H4. The molecule has 0 amide bonds. The van der Waals surface area contributed by atoms with E-state index in [1.807, 2.05) is 0 Å². The third kappa shape index (κ3) is 2.22. The molecule has 0 heterocycles. The van der Waals surface area contributed by atoms with E-state index in [9.17, 15) is 0 Å². The van der Waals surface area contributed by atoms with Crippen LogP contribution in [0.2, 0.25) is 0 Å². The van der Waals surface area contributed by atoms with E-state index in [4.69, 9.17) is 0 Å². The molecule has 0 aliphatic heterocycles. The Balaban J connectivity index is 0.000000810. The van der Waals surface area contributed by atoms with Gasteiger partial charge in [0, 0.05) is 0 Å². The van der Waals surface area contributed by atoms with Gasteiger partial charge in [-0.2, -0.15) is 0 Å². The summed E-state index contributed by atoms with van der Waals surface area (Å²) >= 11 is 0. The first kappa shape index (κ1) is 9.22. The molecule has 0 heteroatoms. The molecule has 0 N–H and O–H groups in total. The molecule has 1 aromatic rings. The normalized spacial score (nSPS) is 8.70. The molecule has 0 aliphatic carbocycles. The van der Waals surface area contributed by atoms with Gasteiger partial charge < -0.3 is 0 Å². The molecule has 0 fully saturated rings. The number of hydrogen-bond donors (Lipinski definition) is 0. The van der Waals surface area contributed by atoms with Crippen LogP contribution in [0.25, 0.3) is 0 Å². The lowest BCUT2D eigenvalue weighted by Crippen LogP contribution is -1.78. The molecule has 0 saturated heterocycles. The zero-order valence-corrected chi connectivity index (χ0v) is 6.23. The Morgan fingerprint density at radius 1 is 0.700 bits per heavy atom. The minimum Gasteiger partial charge on any atom is -0.0776 e. The molecule has 0 unspecified atom stereocenters. The van der Waals surface area contributed by atoms with Crippen molar-refractivity contribution >= 4 is 0 Å². The van der Waals surface area contributed by atoms with Gasteiger partial charge in [0.1, 0.15) is 0 Å². The second kappa shape index (κ2) is 3.40. The maximum absolute atomic E-state index is 2.19. The Morgan fingerprint density at radius 2 is 0.900 bits per heavy atom. The number of hydrogen-bond acceptors (Lipinski definition) is 0. The van der Waals surface area contributed by atoms with Crippen LogP contribution in [0.4, 0.5) is 0 Å². The van der Waals surface area contributed by atoms with Crippen molar-refractivity contribution < 1.29 is 0 Å². The molecule has 56 valence electrons. The highest BCUT2D eigenvalue weighted by molar-refractivity contribution is 5.27. The number of rotatable bonds is 0. The summed E-state index contributed by atoms with van der Waals surface area (Å²) in [5.74, 6) is 0. The van der Waals surface area contributed by atoms with Crippen molar-refractivity contribution in [3.05, 3.63) is 34.9 Å². The molecule has 0 radical (unpaired) electrons. The van der Waals surface area contributed by atoms with Crippen LogP contribution < -0.4 is 0 Å². The molecule has 10 heavy (non-hydrogen) atoms. The van der Waals surface area contributed by atoms with Crippen LogP contribution in [0.5, 0.6) is 0 Å². The van der Waals surface area contributed by atoms with Crippen LogP contribution in [0.1, 0.15) is 24.1 Å². The van der Waals surface area contributed by atoms with E-state index >= 15 is 0 Å². The van der Waals surface area contributed by atoms with Crippen LogP contribution in [0.3, 0.4) is 0 Å². The fourth-order valence-corrected chi connectivity index (χ4v) is 1.20. The first-order chi connectivity index (χ1) is 4.18. The minimum atomic E-state index is 0. The average molecular weight is 136 g/mol. The molecule has 1 rings (SSSR count). The molecule has 1 aromatic carbocycles. The topological polar surface area (TPSA) is 0 Å². The molecule has 0 nitrogen and oxygen atoms in total. The largest absolute Gasteiger partial charge is 0.0776 e. The highest BCUT2D eigenvalue weighted by atomic mass is 13.9. The zero-order valence-electron chi connectivity index (χ0n) is 6.23. The Labute approximate surface area is 63.9 Å². The van der Waals surface area contributed by atoms with Gasteiger partial charge in [-0.25, -0.2) is 0 Å². The third-order valence-electron chi connectivity index (χ3n) is 1.37. The number of benzene rings is 1. The van der Waals surface area contributed by atoms with E-state index in [-0.39, 0.29) is 7.43 Å². The fourth-order valence-electron chi connectivity index (χ4n) is 1.20. The summed E-state index contributed by atoms with van der Waals surface area (Å²) < 4.78 is 0. The molecule has 0 atom stereocenters. The van der Waals surface area contributed by atoms with E-state index in [0.717, 1.165) is 0 Å². The summed E-state index contributed by atoms with van der Waals surface area (Å²) in [5, 5.41) is 0. The summed E-state index contributed by atoms with van der Waals surface area (Å²) in [4.78, 5) is 0. The van der Waals surface area contributed by atoms with Gasteiger partial charge in [-0.3, -0.25) is 0 Å². The Bertz CT molecular complexity index is 161. The lowest BCUT2D eigenvalue weighted by atomic mass is 10.1. The maximum atomic E-state index is 2.19. The zero-order chi connectivity index (χ0) is 6.85. The molecule has 0 spiro atoms. The molecule has 0 aromatic heterocycles. The van der Waals surface area contributed by atoms with Crippen LogP contribution in [0, 0.1) is 20.8 Å². The Kier molecular flexibility index (Phi) is 3.14. The van der Waals surface area contributed by atoms with E-state index in [1.54, 1.807) is 0 Å². The van der Waals surface area contributed by atoms with Gasteiger partial charge in [-0.15, -0.1) is 0 Å². The maximum Gasteiger partial charge on any atom is -0.0398 e. The SMILES string of the molecule is C.Cc1cc(C)cc(C)c1. The first-order valence-electron chi connectivity index (χ1n) is 3.23. The Hall–Kier alpha value is -0.780. The highest BCUT2D eigenvalue weighted by Crippen LogP contribution is 2.06. The quantitative estimate of drug-likeness (QED) is 0.513. The monoisotopic (exact) mass is 136 g/mol. The van der Waals surface area contributed by atoms with Gasteiger partial charge >= 0.3 is 0 Å². The number of aryl methyl sites for hydroxylation is 3. The predicted octanol–water partition coefficient (Wildman–Crippen LogP) is 3.25. The van der Waals surface area contributed by atoms with Crippen molar-refractivity contribution in [2.75, 3.05) is 0 Å². The van der Waals surface area contributed by atoms with Crippen molar-refractivity contribution in [1.29, 1.82) is 0 Å². The summed E-state index contributed by atoms with van der Waals surface area (Å²) in [5.41, 5.74) is 4.06. The second-order valence-electron chi connectivity index (χ2n) is 2.67. The van der Waals surface area contributed by atoms with Gasteiger partial charge in [-0.05, 0) is 20.8 Å². The van der Waals surface area contributed by atoms with Gasteiger partial charge in [-0.1, -0.05) is 42.3 Å². The molecule has 0 saturated carbocycles. The second-order valence-corrected chi connectivity index (χ2v) is 2.67. The van der Waals surface area contributed by atoms with Crippen molar-refractivity contribution in [2.45, 2.75) is 28.2 Å². The van der Waals surface area contributed by atoms with Crippen LogP contribution in [-0.4, -0.2) is 0 Å². The van der Waals surface area contributed by atoms with Crippen LogP contribution in [-0.2, 0) is 0 Å². The fraction of sp³-hybridized carbons (Fsp3) is 0.400. The van der Waals surface area contributed by atoms with Gasteiger partial charge in [0.2, 0.25) is 0 Å². The summed E-state index contributed by atoms with van der Waals surface area (Å²) in [7, 11) is 0. The van der Waals surface area contributed by atoms with E-state index in [0.29, 0.717) is 0 Å². The summed E-state index contributed by atoms with van der Waals surface area (Å²) in [6, 6.07) is 6.56. The van der Waals surface area contributed by atoms with Crippen molar-refractivity contribution in [1.82, 2.24) is 0 Å².